The van der Waals surface area contributed by atoms with Crippen LogP contribution in [0.4, 0.5) is 0 Å². The Bertz CT molecular complexity index is 611. The lowest BCUT2D eigenvalue weighted by Crippen LogP contribution is -2.39. The van der Waals surface area contributed by atoms with Crippen molar-refractivity contribution in [2.45, 2.75) is 25.0 Å². The summed E-state index contributed by atoms with van der Waals surface area (Å²) in [6.07, 6.45) is 0.338. The molecule has 0 spiro atoms. The summed E-state index contributed by atoms with van der Waals surface area (Å²) < 4.78 is 22.9. The van der Waals surface area contributed by atoms with Gasteiger partial charge in [0.2, 0.25) is 10.0 Å². The molecular formula is C11H14N2O2S2. The summed E-state index contributed by atoms with van der Waals surface area (Å²) in [5.74, 6) is 0. The topological polar surface area (TPSA) is 73.0 Å². The van der Waals surface area contributed by atoms with Crippen LogP contribution in [0.15, 0.2) is 24.3 Å². The van der Waals surface area contributed by atoms with E-state index in [1.54, 1.807) is 13.8 Å². The van der Waals surface area contributed by atoms with Crippen LogP contribution in [0.25, 0.3) is 10.2 Å². The van der Waals surface area contributed by atoms with E-state index in [0.717, 1.165) is 15.2 Å². The minimum absolute atomic E-state index is 0.338. The van der Waals surface area contributed by atoms with E-state index in [4.69, 9.17) is 5.14 Å². The maximum Gasteiger partial charge on any atom is 0.214 e. The number of hydrogen-bond donors (Lipinski definition) is 1. The Hall–Kier alpha value is -0.980. The molecule has 1 heterocycles. The molecule has 0 amide bonds. The molecule has 4 nitrogen and oxygen atoms in total. The van der Waals surface area contributed by atoms with Crippen molar-refractivity contribution < 1.29 is 8.42 Å². The zero-order valence-corrected chi connectivity index (χ0v) is 11.3. The Morgan fingerprint density at radius 3 is 2.59 bits per heavy atom. The van der Waals surface area contributed by atoms with Crippen LogP contribution >= 0.6 is 11.3 Å². The predicted octanol–water partition coefficient (Wildman–Crippen LogP) is 1.91. The first-order valence-electron chi connectivity index (χ1n) is 5.16. The molecule has 17 heavy (non-hydrogen) atoms. The summed E-state index contributed by atoms with van der Waals surface area (Å²) in [4.78, 5) is 4.41. The van der Waals surface area contributed by atoms with Crippen LogP contribution in [-0.4, -0.2) is 18.1 Å². The van der Waals surface area contributed by atoms with E-state index in [0.29, 0.717) is 6.42 Å². The molecular weight excluding hydrogens is 256 g/mol. The van der Waals surface area contributed by atoms with Crippen LogP contribution in [0.5, 0.6) is 0 Å². The van der Waals surface area contributed by atoms with E-state index in [1.165, 1.54) is 11.3 Å². The fraction of sp³-hybridized carbons (Fsp3) is 0.364. The smallest absolute Gasteiger partial charge is 0.214 e. The van der Waals surface area contributed by atoms with E-state index >= 15 is 0 Å². The Morgan fingerprint density at radius 1 is 1.35 bits per heavy atom. The molecule has 0 unspecified atom stereocenters. The summed E-state index contributed by atoms with van der Waals surface area (Å²) in [5.41, 5.74) is 0.901. The second kappa shape index (κ2) is 4.04. The zero-order chi connectivity index (χ0) is 12.7. The molecule has 0 fully saturated rings. The summed E-state index contributed by atoms with van der Waals surface area (Å²) in [6.45, 7) is 3.24. The van der Waals surface area contributed by atoms with Crippen molar-refractivity contribution in [3.8, 4) is 0 Å². The van der Waals surface area contributed by atoms with Gasteiger partial charge >= 0.3 is 0 Å². The van der Waals surface area contributed by atoms with Crippen LogP contribution in [0.2, 0.25) is 0 Å². The fourth-order valence-electron chi connectivity index (χ4n) is 1.46. The summed E-state index contributed by atoms with van der Waals surface area (Å²) in [7, 11) is -3.57. The first-order valence-corrected chi connectivity index (χ1v) is 7.53. The number of nitrogens with two attached hydrogens (primary N) is 1. The summed E-state index contributed by atoms with van der Waals surface area (Å²) >= 11 is 1.51. The average molecular weight is 270 g/mol. The van der Waals surface area contributed by atoms with E-state index in [1.807, 2.05) is 24.3 Å². The third-order valence-corrected chi connectivity index (χ3v) is 5.41. The van der Waals surface area contributed by atoms with Gasteiger partial charge in [-0.05, 0) is 26.0 Å². The SMILES string of the molecule is CC(C)(Cc1nc2ccccc2s1)S(N)(=O)=O. The second-order valence-electron chi connectivity index (χ2n) is 4.56. The number of hydrogen-bond acceptors (Lipinski definition) is 4. The van der Waals surface area contributed by atoms with E-state index in [2.05, 4.69) is 4.98 Å². The molecule has 1 aromatic carbocycles. The van der Waals surface area contributed by atoms with Gasteiger partial charge < -0.3 is 0 Å². The quantitative estimate of drug-likeness (QED) is 0.925. The molecule has 0 aliphatic rings. The molecule has 2 rings (SSSR count). The molecule has 0 saturated carbocycles. The van der Waals surface area contributed by atoms with Crippen LogP contribution in [0, 0.1) is 0 Å². The number of para-hydroxylation sites is 1. The van der Waals surface area contributed by atoms with E-state index in [9.17, 15) is 8.42 Å². The number of sulfonamides is 1. The maximum absolute atomic E-state index is 11.4. The summed E-state index contributed by atoms with van der Waals surface area (Å²) in [6, 6.07) is 7.74. The third-order valence-electron chi connectivity index (χ3n) is 2.69. The highest BCUT2D eigenvalue weighted by Crippen LogP contribution is 2.27. The van der Waals surface area contributed by atoms with Crippen LogP contribution in [-0.2, 0) is 16.4 Å². The van der Waals surface area contributed by atoms with Gasteiger partial charge in [-0.25, -0.2) is 18.5 Å². The molecule has 92 valence electrons. The first-order chi connectivity index (χ1) is 7.79. The summed E-state index contributed by atoms with van der Waals surface area (Å²) in [5, 5.41) is 6.00. The highest BCUT2D eigenvalue weighted by Gasteiger charge is 2.32. The Labute approximate surface area is 105 Å². The van der Waals surface area contributed by atoms with Gasteiger partial charge in [-0.3, -0.25) is 0 Å². The number of nitrogens with zero attached hydrogens (tertiary/aromatic N) is 1. The van der Waals surface area contributed by atoms with E-state index in [-0.39, 0.29) is 0 Å². The van der Waals surface area contributed by atoms with Gasteiger partial charge in [0.05, 0.1) is 20.0 Å². The molecule has 1 aromatic heterocycles. The maximum atomic E-state index is 11.4. The Kier molecular flexibility index (Phi) is 2.97. The van der Waals surface area contributed by atoms with Gasteiger partial charge in [0, 0.05) is 6.42 Å². The number of primary sulfonamides is 1. The van der Waals surface area contributed by atoms with Crippen molar-refractivity contribution in [3.05, 3.63) is 29.3 Å². The number of fused-ring (bicyclic) bond motifs is 1. The number of aromatic nitrogens is 1. The lowest BCUT2D eigenvalue weighted by Gasteiger charge is -2.19. The number of rotatable bonds is 3. The molecule has 0 atom stereocenters. The van der Waals surface area contributed by atoms with Crippen molar-refractivity contribution >= 4 is 31.6 Å². The zero-order valence-electron chi connectivity index (χ0n) is 9.67. The highest BCUT2D eigenvalue weighted by molar-refractivity contribution is 7.90. The average Bonchev–Trinajstić information content (AvgIpc) is 2.56. The third kappa shape index (κ3) is 2.48. The monoisotopic (exact) mass is 270 g/mol. The van der Waals surface area contributed by atoms with Crippen LogP contribution < -0.4 is 5.14 Å². The van der Waals surface area contributed by atoms with Gasteiger partial charge in [-0.1, -0.05) is 12.1 Å². The lowest BCUT2D eigenvalue weighted by atomic mass is 10.1. The molecule has 0 aliphatic heterocycles. The largest absolute Gasteiger partial charge is 0.241 e. The number of benzene rings is 1. The van der Waals surface area contributed by atoms with Crippen molar-refractivity contribution in [2.24, 2.45) is 5.14 Å². The van der Waals surface area contributed by atoms with Gasteiger partial charge in [0.1, 0.15) is 0 Å². The molecule has 2 N–H and O–H groups in total. The van der Waals surface area contributed by atoms with Gasteiger partial charge in [0.15, 0.2) is 0 Å². The fourth-order valence-corrected chi connectivity index (χ4v) is 3.09. The minimum Gasteiger partial charge on any atom is -0.241 e. The standard InChI is InChI=1S/C11H14N2O2S2/c1-11(2,17(12,14)15)7-10-13-8-5-3-4-6-9(8)16-10/h3-6H,7H2,1-2H3,(H2,12,14,15). The molecule has 2 aromatic rings. The number of thiazole rings is 1. The highest BCUT2D eigenvalue weighted by atomic mass is 32.2. The van der Waals surface area contributed by atoms with Crippen molar-refractivity contribution in [2.75, 3.05) is 0 Å². The van der Waals surface area contributed by atoms with E-state index < -0.39 is 14.8 Å². The predicted molar refractivity (Wildman–Crippen MR) is 70.5 cm³/mol. The second-order valence-corrected chi connectivity index (χ2v) is 7.87. The van der Waals surface area contributed by atoms with Crippen molar-refractivity contribution in [3.63, 3.8) is 0 Å². The molecule has 0 bridgehead atoms. The molecule has 0 radical (unpaired) electrons. The first kappa shape index (κ1) is 12.5. The van der Waals surface area contributed by atoms with Crippen LogP contribution in [0.1, 0.15) is 18.9 Å². The van der Waals surface area contributed by atoms with Gasteiger partial charge in [-0.2, -0.15) is 0 Å². The van der Waals surface area contributed by atoms with Gasteiger partial charge in [-0.15, -0.1) is 11.3 Å². The van der Waals surface area contributed by atoms with Crippen molar-refractivity contribution in [1.82, 2.24) is 4.98 Å². The molecule has 0 aliphatic carbocycles. The minimum atomic E-state index is -3.57. The molecule has 0 saturated heterocycles. The Balaban J connectivity index is 2.37. The Morgan fingerprint density at radius 2 is 2.00 bits per heavy atom. The normalized spacial score (nSPS) is 13.1. The van der Waals surface area contributed by atoms with Crippen molar-refractivity contribution in [1.29, 1.82) is 0 Å². The van der Waals surface area contributed by atoms with Crippen LogP contribution in [0.3, 0.4) is 0 Å². The van der Waals surface area contributed by atoms with Gasteiger partial charge in [0.25, 0.3) is 0 Å². The lowest BCUT2D eigenvalue weighted by molar-refractivity contribution is 0.545. The molecule has 6 heteroatoms.